The van der Waals surface area contributed by atoms with E-state index in [1.165, 1.54) is 0 Å². The fraction of sp³-hybridized carbons (Fsp3) is 0.529. The van der Waals surface area contributed by atoms with Gasteiger partial charge in [-0.1, -0.05) is 6.07 Å². The molecule has 0 unspecified atom stereocenters. The van der Waals surface area contributed by atoms with Gasteiger partial charge in [-0.2, -0.15) is 5.10 Å². The van der Waals surface area contributed by atoms with Crippen LogP contribution >= 0.6 is 0 Å². The molecule has 2 aromatic heterocycles. The summed E-state index contributed by atoms with van der Waals surface area (Å²) >= 11 is 0. The minimum absolute atomic E-state index is 0.573. The highest BCUT2D eigenvalue weighted by atomic mass is 16.5. The van der Waals surface area contributed by atoms with Crippen LogP contribution in [0.25, 0.3) is 5.82 Å². The second-order valence-electron chi connectivity index (χ2n) is 6.19. The highest BCUT2D eigenvalue weighted by molar-refractivity contribution is 5.32. The quantitative estimate of drug-likeness (QED) is 0.875. The lowest BCUT2D eigenvalue weighted by molar-refractivity contribution is -0.0617. The van der Waals surface area contributed by atoms with E-state index in [4.69, 9.17) is 4.74 Å². The van der Waals surface area contributed by atoms with Gasteiger partial charge >= 0.3 is 0 Å². The number of aryl methyl sites for hydroxylation is 1. The lowest BCUT2D eigenvalue weighted by Crippen LogP contribution is -2.44. The van der Waals surface area contributed by atoms with Crippen molar-refractivity contribution in [3.8, 4) is 5.82 Å². The first kappa shape index (κ1) is 16.1. The summed E-state index contributed by atoms with van der Waals surface area (Å²) < 4.78 is 7.18. The average molecular weight is 316 g/mol. The number of aromatic nitrogens is 3. The SMILES string of the molecule is Cc1nn(-c2ccccn2)c(C)c1CNCC1(O)CCOCC1. The molecule has 0 spiro atoms. The molecule has 6 heteroatoms. The Kier molecular flexibility index (Phi) is 4.75. The molecule has 23 heavy (non-hydrogen) atoms. The number of hydrogen-bond donors (Lipinski definition) is 2. The van der Waals surface area contributed by atoms with Crippen molar-refractivity contribution in [2.75, 3.05) is 19.8 Å². The van der Waals surface area contributed by atoms with Gasteiger partial charge < -0.3 is 15.2 Å². The molecule has 0 aliphatic carbocycles. The van der Waals surface area contributed by atoms with Crippen LogP contribution in [0.1, 0.15) is 29.8 Å². The molecule has 0 radical (unpaired) electrons. The van der Waals surface area contributed by atoms with E-state index in [9.17, 15) is 5.11 Å². The number of hydrogen-bond acceptors (Lipinski definition) is 5. The van der Waals surface area contributed by atoms with E-state index >= 15 is 0 Å². The minimum Gasteiger partial charge on any atom is -0.388 e. The zero-order chi connectivity index (χ0) is 16.3. The first-order valence-corrected chi connectivity index (χ1v) is 8.06. The first-order valence-electron chi connectivity index (χ1n) is 8.06. The summed E-state index contributed by atoms with van der Waals surface area (Å²) in [6.07, 6.45) is 3.14. The Morgan fingerprint density at radius 3 is 2.78 bits per heavy atom. The van der Waals surface area contributed by atoms with Crippen molar-refractivity contribution in [1.29, 1.82) is 0 Å². The molecule has 2 aromatic rings. The number of nitrogens with one attached hydrogen (secondary N) is 1. The van der Waals surface area contributed by atoms with E-state index in [0.717, 1.165) is 22.8 Å². The van der Waals surface area contributed by atoms with Crippen LogP contribution in [0.4, 0.5) is 0 Å². The smallest absolute Gasteiger partial charge is 0.153 e. The number of aliphatic hydroxyl groups is 1. The topological polar surface area (TPSA) is 72.2 Å². The number of nitrogens with zero attached hydrogens (tertiary/aromatic N) is 3. The van der Waals surface area contributed by atoms with Gasteiger partial charge in [0.2, 0.25) is 0 Å². The van der Waals surface area contributed by atoms with Crippen molar-refractivity contribution in [2.45, 2.75) is 38.8 Å². The maximum Gasteiger partial charge on any atom is 0.153 e. The Morgan fingerprint density at radius 2 is 2.09 bits per heavy atom. The Hall–Kier alpha value is -1.76. The third kappa shape index (κ3) is 3.60. The first-order chi connectivity index (χ1) is 11.1. The van der Waals surface area contributed by atoms with Crippen LogP contribution in [0, 0.1) is 13.8 Å². The summed E-state index contributed by atoms with van der Waals surface area (Å²) in [5.41, 5.74) is 2.57. The van der Waals surface area contributed by atoms with Crippen molar-refractivity contribution in [3.05, 3.63) is 41.3 Å². The van der Waals surface area contributed by atoms with Crippen molar-refractivity contribution < 1.29 is 9.84 Å². The van der Waals surface area contributed by atoms with Gasteiger partial charge in [0.15, 0.2) is 5.82 Å². The third-order valence-corrected chi connectivity index (χ3v) is 4.49. The maximum absolute atomic E-state index is 10.5. The van der Waals surface area contributed by atoms with Gasteiger partial charge in [-0.15, -0.1) is 0 Å². The molecule has 1 aliphatic heterocycles. The fourth-order valence-electron chi connectivity index (χ4n) is 2.98. The minimum atomic E-state index is -0.656. The van der Waals surface area contributed by atoms with Crippen molar-refractivity contribution in [2.24, 2.45) is 0 Å². The Bertz CT molecular complexity index is 648. The van der Waals surface area contributed by atoms with Crippen molar-refractivity contribution in [1.82, 2.24) is 20.1 Å². The normalized spacial score (nSPS) is 17.3. The summed E-state index contributed by atoms with van der Waals surface area (Å²) in [6.45, 7) is 6.58. The van der Waals surface area contributed by atoms with Gasteiger partial charge in [0, 0.05) is 56.6 Å². The van der Waals surface area contributed by atoms with E-state index in [0.29, 0.717) is 39.1 Å². The maximum atomic E-state index is 10.5. The second kappa shape index (κ2) is 6.78. The second-order valence-corrected chi connectivity index (χ2v) is 6.19. The van der Waals surface area contributed by atoms with E-state index in [1.54, 1.807) is 6.20 Å². The molecule has 0 bridgehead atoms. The molecule has 1 fully saturated rings. The number of rotatable bonds is 5. The van der Waals surface area contributed by atoms with Gasteiger partial charge in [-0.25, -0.2) is 9.67 Å². The molecule has 0 saturated carbocycles. The van der Waals surface area contributed by atoms with Gasteiger partial charge in [0.05, 0.1) is 11.3 Å². The standard InChI is InChI=1S/C17H24N4O2/c1-13-15(11-18-12-17(22)6-9-23-10-7-17)14(2)21(20-13)16-5-3-4-8-19-16/h3-5,8,18,22H,6-7,9-12H2,1-2H3. The monoisotopic (exact) mass is 316 g/mol. The van der Waals surface area contributed by atoms with E-state index in [-0.39, 0.29) is 0 Å². The van der Waals surface area contributed by atoms with Gasteiger partial charge in [0.1, 0.15) is 0 Å². The molecule has 1 saturated heterocycles. The van der Waals surface area contributed by atoms with Crippen molar-refractivity contribution in [3.63, 3.8) is 0 Å². The lowest BCUT2D eigenvalue weighted by Gasteiger charge is -2.32. The fourth-order valence-corrected chi connectivity index (χ4v) is 2.98. The van der Waals surface area contributed by atoms with Crippen LogP contribution in [-0.4, -0.2) is 45.2 Å². The Labute approximate surface area is 136 Å². The summed E-state index contributed by atoms with van der Waals surface area (Å²) in [5, 5.41) is 18.5. The van der Waals surface area contributed by atoms with Crippen LogP contribution in [0.5, 0.6) is 0 Å². The zero-order valence-corrected chi connectivity index (χ0v) is 13.7. The molecule has 124 valence electrons. The van der Waals surface area contributed by atoms with Gasteiger partial charge in [0.25, 0.3) is 0 Å². The largest absolute Gasteiger partial charge is 0.388 e. The molecular formula is C17H24N4O2. The van der Waals surface area contributed by atoms with Gasteiger partial charge in [-0.05, 0) is 26.0 Å². The molecule has 6 nitrogen and oxygen atoms in total. The summed E-state index contributed by atoms with van der Waals surface area (Å²) in [5.74, 6) is 0.822. The Balaban J connectivity index is 1.68. The van der Waals surface area contributed by atoms with E-state index < -0.39 is 5.60 Å². The average Bonchev–Trinajstić information content (AvgIpc) is 2.84. The third-order valence-electron chi connectivity index (χ3n) is 4.49. The summed E-state index contributed by atoms with van der Waals surface area (Å²) in [6, 6.07) is 5.80. The van der Waals surface area contributed by atoms with Crippen LogP contribution in [0.3, 0.4) is 0 Å². The van der Waals surface area contributed by atoms with Crippen LogP contribution in [-0.2, 0) is 11.3 Å². The Morgan fingerprint density at radius 1 is 1.30 bits per heavy atom. The molecule has 3 rings (SSSR count). The zero-order valence-electron chi connectivity index (χ0n) is 13.7. The molecule has 0 atom stereocenters. The molecule has 1 aliphatic rings. The molecule has 0 aromatic carbocycles. The van der Waals surface area contributed by atoms with Crippen LogP contribution in [0.2, 0.25) is 0 Å². The molecular weight excluding hydrogens is 292 g/mol. The number of ether oxygens (including phenoxy) is 1. The summed E-state index contributed by atoms with van der Waals surface area (Å²) in [7, 11) is 0. The molecule has 0 amide bonds. The predicted octanol–water partition coefficient (Wildman–Crippen LogP) is 1.52. The molecule has 3 heterocycles. The highest BCUT2D eigenvalue weighted by Gasteiger charge is 2.29. The summed E-state index contributed by atoms with van der Waals surface area (Å²) in [4.78, 5) is 4.36. The predicted molar refractivity (Wildman–Crippen MR) is 87.5 cm³/mol. The highest BCUT2D eigenvalue weighted by Crippen LogP contribution is 2.20. The van der Waals surface area contributed by atoms with Crippen LogP contribution in [0.15, 0.2) is 24.4 Å². The number of pyridine rings is 1. The molecule has 2 N–H and O–H groups in total. The van der Waals surface area contributed by atoms with Gasteiger partial charge in [-0.3, -0.25) is 0 Å². The van der Waals surface area contributed by atoms with E-state index in [1.807, 2.05) is 29.8 Å². The van der Waals surface area contributed by atoms with E-state index in [2.05, 4.69) is 22.3 Å². The van der Waals surface area contributed by atoms with Crippen molar-refractivity contribution >= 4 is 0 Å². The van der Waals surface area contributed by atoms with Crippen LogP contribution < -0.4 is 5.32 Å². The lowest BCUT2D eigenvalue weighted by atomic mass is 9.94.